The predicted molar refractivity (Wildman–Crippen MR) is 63.3 cm³/mol. The van der Waals surface area contributed by atoms with Crippen molar-refractivity contribution >= 4 is 27.8 Å². The number of anilines is 1. The minimum atomic E-state index is -4.75. The highest BCUT2D eigenvalue weighted by Crippen LogP contribution is 2.27. The van der Waals surface area contributed by atoms with Gasteiger partial charge in [0.1, 0.15) is 0 Å². The summed E-state index contributed by atoms with van der Waals surface area (Å²) >= 11 is 3.15. The van der Waals surface area contributed by atoms with Crippen LogP contribution in [0.1, 0.15) is 16.2 Å². The third kappa shape index (κ3) is 2.75. The van der Waals surface area contributed by atoms with Crippen molar-refractivity contribution in [3.63, 3.8) is 0 Å². The Hall–Kier alpha value is -1.90. The molecule has 1 aromatic carbocycles. The van der Waals surface area contributed by atoms with E-state index >= 15 is 0 Å². The highest BCUT2D eigenvalue weighted by atomic mass is 79.9. The summed E-state index contributed by atoms with van der Waals surface area (Å²) in [5.41, 5.74) is 5.41. The molecule has 0 fully saturated rings. The van der Waals surface area contributed by atoms with Gasteiger partial charge in [-0.1, -0.05) is 22.0 Å². The van der Waals surface area contributed by atoms with Crippen molar-refractivity contribution < 1.29 is 18.0 Å². The number of benzene rings is 1. The molecule has 1 aromatic heterocycles. The number of nitrogens with two attached hydrogens (primary N) is 1. The highest BCUT2D eigenvalue weighted by Gasteiger charge is 2.37. The lowest BCUT2D eigenvalue weighted by Crippen LogP contribution is -2.17. The van der Waals surface area contributed by atoms with Crippen molar-refractivity contribution in [1.82, 2.24) is 14.8 Å². The predicted octanol–water partition coefficient (Wildman–Crippen LogP) is 2.33. The zero-order valence-electron chi connectivity index (χ0n) is 9.15. The maximum atomic E-state index is 12.4. The minimum Gasteiger partial charge on any atom is -0.368 e. The van der Waals surface area contributed by atoms with Crippen molar-refractivity contribution in [3.05, 3.63) is 40.1 Å². The van der Waals surface area contributed by atoms with E-state index in [1.54, 1.807) is 12.1 Å². The summed E-state index contributed by atoms with van der Waals surface area (Å²) in [6.45, 7) is 0. The Kier molecular flexibility index (Phi) is 3.31. The maximum absolute atomic E-state index is 12.4. The molecule has 0 aliphatic rings. The first kappa shape index (κ1) is 13.5. The van der Waals surface area contributed by atoms with Crippen LogP contribution in [0.5, 0.6) is 0 Å². The fraction of sp³-hybridized carbons (Fsp3) is 0.100. The Morgan fingerprint density at radius 2 is 2.05 bits per heavy atom. The maximum Gasteiger partial charge on any atom is 0.453 e. The van der Waals surface area contributed by atoms with Crippen molar-refractivity contribution in [3.8, 4) is 0 Å². The Balaban J connectivity index is 2.43. The Morgan fingerprint density at radius 3 is 2.58 bits per heavy atom. The largest absolute Gasteiger partial charge is 0.453 e. The molecule has 0 unspecified atom stereocenters. The first-order valence-corrected chi connectivity index (χ1v) is 5.68. The topological polar surface area (TPSA) is 73.8 Å². The van der Waals surface area contributed by atoms with E-state index in [1.807, 2.05) is 0 Å². The fourth-order valence-corrected chi connectivity index (χ4v) is 1.74. The molecule has 0 aliphatic heterocycles. The number of aromatic nitrogens is 3. The molecule has 0 amide bonds. The number of hydrogen-bond acceptors (Lipinski definition) is 4. The third-order valence-corrected chi connectivity index (χ3v) is 2.64. The molecule has 2 aromatic rings. The standard InChI is InChI=1S/C10H6BrF3N4O/c11-6-3-1-2-5(4-6)7(19)18-9(15)16-8(17-18)10(12,13)14/h1-4H,(H2,15,16,17). The summed E-state index contributed by atoms with van der Waals surface area (Å²) < 4.78 is 38.2. The zero-order valence-corrected chi connectivity index (χ0v) is 10.7. The Labute approximate surface area is 113 Å². The number of nitrogens with zero attached hydrogens (tertiary/aromatic N) is 3. The quantitative estimate of drug-likeness (QED) is 0.868. The van der Waals surface area contributed by atoms with Crippen LogP contribution in [0.3, 0.4) is 0 Å². The second-order valence-electron chi connectivity index (χ2n) is 3.52. The van der Waals surface area contributed by atoms with Gasteiger partial charge in [0.25, 0.3) is 11.7 Å². The van der Waals surface area contributed by atoms with E-state index < -0.39 is 23.9 Å². The number of hydrogen-bond donors (Lipinski definition) is 1. The van der Waals surface area contributed by atoms with E-state index in [0.717, 1.165) is 0 Å². The number of carbonyl (C=O) groups excluding carboxylic acids is 1. The lowest BCUT2D eigenvalue weighted by molar-refractivity contribution is -0.144. The van der Waals surface area contributed by atoms with Crippen LogP contribution >= 0.6 is 15.9 Å². The van der Waals surface area contributed by atoms with Crippen molar-refractivity contribution in [2.24, 2.45) is 0 Å². The highest BCUT2D eigenvalue weighted by molar-refractivity contribution is 9.10. The molecule has 9 heteroatoms. The molecule has 19 heavy (non-hydrogen) atoms. The van der Waals surface area contributed by atoms with Gasteiger partial charge in [-0.3, -0.25) is 4.79 Å². The van der Waals surface area contributed by atoms with Gasteiger partial charge < -0.3 is 5.73 Å². The SMILES string of the molecule is Nc1nc(C(F)(F)F)nn1C(=O)c1cccc(Br)c1. The van der Waals surface area contributed by atoms with Crippen LogP contribution in [0.25, 0.3) is 0 Å². The molecule has 5 nitrogen and oxygen atoms in total. The molecule has 0 atom stereocenters. The minimum absolute atomic E-state index is 0.139. The van der Waals surface area contributed by atoms with Gasteiger partial charge in [-0.15, -0.1) is 5.10 Å². The molecule has 0 saturated carbocycles. The van der Waals surface area contributed by atoms with E-state index in [4.69, 9.17) is 5.73 Å². The molecule has 0 bridgehead atoms. The van der Waals surface area contributed by atoms with E-state index in [0.29, 0.717) is 9.15 Å². The number of rotatable bonds is 1. The van der Waals surface area contributed by atoms with Gasteiger partial charge in [0.05, 0.1) is 0 Å². The summed E-state index contributed by atoms with van der Waals surface area (Å²) in [7, 11) is 0. The van der Waals surface area contributed by atoms with Crippen LogP contribution < -0.4 is 5.73 Å². The van der Waals surface area contributed by atoms with Crippen LogP contribution in [0.15, 0.2) is 28.7 Å². The molecule has 0 radical (unpaired) electrons. The van der Waals surface area contributed by atoms with Gasteiger partial charge in [-0.2, -0.15) is 22.8 Å². The van der Waals surface area contributed by atoms with E-state index in [9.17, 15) is 18.0 Å². The molecule has 2 N–H and O–H groups in total. The number of halogens is 4. The van der Waals surface area contributed by atoms with Gasteiger partial charge in [0.2, 0.25) is 5.95 Å². The van der Waals surface area contributed by atoms with Gasteiger partial charge in [0.15, 0.2) is 0 Å². The number of nitrogen functional groups attached to an aromatic ring is 1. The molecule has 0 spiro atoms. The summed E-state index contributed by atoms with van der Waals surface area (Å²) in [5, 5.41) is 3.08. The second kappa shape index (κ2) is 4.65. The molecule has 0 saturated heterocycles. The van der Waals surface area contributed by atoms with Gasteiger partial charge >= 0.3 is 6.18 Å². The third-order valence-electron chi connectivity index (χ3n) is 2.15. The summed E-state index contributed by atoms with van der Waals surface area (Å²) in [6, 6.07) is 6.11. The van der Waals surface area contributed by atoms with Gasteiger partial charge in [-0.05, 0) is 18.2 Å². The first-order valence-electron chi connectivity index (χ1n) is 4.89. The van der Waals surface area contributed by atoms with Gasteiger partial charge in [0, 0.05) is 10.0 Å². The lowest BCUT2D eigenvalue weighted by atomic mass is 10.2. The zero-order chi connectivity index (χ0) is 14.2. The van der Waals surface area contributed by atoms with Crippen molar-refractivity contribution in [1.29, 1.82) is 0 Å². The smallest absolute Gasteiger partial charge is 0.368 e. The molecule has 2 rings (SSSR count). The van der Waals surface area contributed by atoms with E-state index in [-0.39, 0.29) is 5.56 Å². The van der Waals surface area contributed by atoms with Crippen LogP contribution in [0.4, 0.5) is 19.1 Å². The normalized spacial score (nSPS) is 11.6. The summed E-state index contributed by atoms with van der Waals surface area (Å²) in [5.74, 6) is -2.85. The molecular formula is C10H6BrF3N4O. The van der Waals surface area contributed by atoms with E-state index in [2.05, 4.69) is 26.0 Å². The average molecular weight is 335 g/mol. The first-order chi connectivity index (χ1) is 8.79. The number of carbonyl (C=O) groups is 1. The number of alkyl halides is 3. The van der Waals surface area contributed by atoms with Crippen molar-refractivity contribution in [2.45, 2.75) is 6.18 Å². The van der Waals surface area contributed by atoms with E-state index in [1.165, 1.54) is 12.1 Å². The fourth-order valence-electron chi connectivity index (χ4n) is 1.34. The second-order valence-corrected chi connectivity index (χ2v) is 4.43. The Morgan fingerprint density at radius 1 is 1.37 bits per heavy atom. The van der Waals surface area contributed by atoms with Gasteiger partial charge in [-0.25, -0.2) is 0 Å². The van der Waals surface area contributed by atoms with Crippen LogP contribution in [-0.4, -0.2) is 20.7 Å². The van der Waals surface area contributed by atoms with Crippen molar-refractivity contribution in [2.75, 3.05) is 5.73 Å². The average Bonchev–Trinajstić information content (AvgIpc) is 2.70. The monoisotopic (exact) mass is 334 g/mol. The molecule has 100 valence electrons. The van der Waals surface area contributed by atoms with Crippen LogP contribution in [0.2, 0.25) is 0 Å². The molecule has 0 aliphatic carbocycles. The summed E-state index contributed by atoms with van der Waals surface area (Å²) in [4.78, 5) is 15.0. The lowest BCUT2D eigenvalue weighted by Gasteiger charge is -2.02. The van der Waals surface area contributed by atoms with Crippen LogP contribution in [-0.2, 0) is 6.18 Å². The summed E-state index contributed by atoms with van der Waals surface area (Å²) in [6.07, 6.45) is -4.75. The Bertz CT molecular complexity index is 638. The molecular weight excluding hydrogens is 329 g/mol. The molecule has 1 heterocycles. The van der Waals surface area contributed by atoms with Crippen LogP contribution in [0, 0.1) is 0 Å².